The first-order valence-electron chi connectivity index (χ1n) is 2.88. The maximum Gasteiger partial charge on any atom is 0.142 e. The van der Waals surface area contributed by atoms with Crippen molar-refractivity contribution < 1.29 is 4.39 Å². The van der Waals surface area contributed by atoms with Gasteiger partial charge in [0.2, 0.25) is 0 Å². The molecule has 0 saturated carbocycles. The van der Waals surface area contributed by atoms with Gasteiger partial charge < -0.3 is 5.73 Å². The van der Waals surface area contributed by atoms with Crippen molar-refractivity contribution in [2.75, 3.05) is 0 Å². The first-order valence-corrected chi connectivity index (χ1v) is 3.26. The van der Waals surface area contributed by atoms with Crippen LogP contribution in [-0.2, 0) is 6.54 Å². The van der Waals surface area contributed by atoms with Crippen LogP contribution in [0.1, 0.15) is 5.56 Å². The normalized spacial score (nSPS) is 9.00. The molecule has 0 radical (unpaired) electrons. The molecule has 0 aromatic heterocycles. The first kappa shape index (κ1) is 10.7. The van der Waals surface area contributed by atoms with Gasteiger partial charge in [-0.25, -0.2) is 4.39 Å². The fourth-order valence-corrected chi connectivity index (χ4v) is 0.784. The third-order valence-corrected chi connectivity index (χ3v) is 1.53. The van der Waals surface area contributed by atoms with E-state index in [1.807, 2.05) is 0 Å². The second-order valence-corrected chi connectivity index (χ2v) is 2.36. The van der Waals surface area contributed by atoms with E-state index in [0.29, 0.717) is 6.54 Å². The van der Waals surface area contributed by atoms with Crippen molar-refractivity contribution in [3.63, 3.8) is 0 Å². The molecule has 0 unspecified atom stereocenters. The quantitative estimate of drug-likeness (QED) is 0.732. The van der Waals surface area contributed by atoms with Crippen LogP contribution in [0.4, 0.5) is 4.39 Å². The topological polar surface area (TPSA) is 26.0 Å². The van der Waals surface area contributed by atoms with Crippen LogP contribution < -0.4 is 5.73 Å². The molecule has 0 bridgehead atoms. The lowest BCUT2D eigenvalue weighted by atomic mass is 10.2. The van der Waals surface area contributed by atoms with Crippen molar-refractivity contribution >= 4 is 24.0 Å². The van der Waals surface area contributed by atoms with Gasteiger partial charge in [-0.1, -0.05) is 17.7 Å². The average Bonchev–Trinajstić information content (AvgIpc) is 1.95. The Morgan fingerprint density at radius 1 is 1.45 bits per heavy atom. The van der Waals surface area contributed by atoms with Crippen LogP contribution in [0.25, 0.3) is 0 Å². The monoisotopic (exact) mass is 195 g/mol. The number of rotatable bonds is 1. The molecule has 0 spiro atoms. The van der Waals surface area contributed by atoms with E-state index in [0.717, 1.165) is 5.56 Å². The highest BCUT2D eigenvalue weighted by molar-refractivity contribution is 6.30. The Labute approximate surface area is 75.8 Å². The smallest absolute Gasteiger partial charge is 0.142 e. The molecule has 4 heteroatoms. The van der Waals surface area contributed by atoms with Gasteiger partial charge in [0.05, 0.1) is 5.02 Å². The molecule has 0 heterocycles. The molecule has 62 valence electrons. The maximum atomic E-state index is 12.6. The summed E-state index contributed by atoms with van der Waals surface area (Å²) in [4.78, 5) is 0. The number of hydrogen-bond donors (Lipinski definition) is 1. The van der Waals surface area contributed by atoms with E-state index in [1.165, 1.54) is 12.1 Å². The Balaban J connectivity index is 0.000001000. The third-order valence-electron chi connectivity index (χ3n) is 1.22. The Kier molecular flexibility index (Phi) is 4.42. The van der Waals surface area contributed by atoms with Crippen molar-refractivity contribution in [2.45, 2.75) is 6.54 Å². The van der Waals surface area contributed by atoms with E-state index >= 15 is 0 Å². The highest BCUT2D eigenvalue weighted by Crippen LogP contribution is 2.14. The molecule has 1 rings (SSSR count). The molecular weight excluding hydrogens is 188 g/mol. The number of nitrogens with two attached hydrogens (primary N) is 1. The van der Waals surface area contributed by atoms with E-state index in [1.54, 1.807) is 6.07 Å². The predicted molar refractivity (Wildman–Crippen MR) is 46.5 cm³/mol. The van der Waals surface area contributed by atoms with Crippen LogP contribution in [0.5, 0.6) is 0 Å². The van der Waals surface area contributed by atoms with Gasteiger partial charge in [0.25, 0.3) is 0 Å². The molecule has 0 aliphatic rings. The molecular formula is C7H8Cl2FN. The van der Waals surface area contributed by atoms with Gasteiger partial charge in [0.15, 0.2) is 0 Å². The average molecular weight is 196 g/mol. The zero-order chi connectivity index (χ0) is 7.56. The van der Waals surface area contributed by atoms with E-state index in [9.17, 15) is 4.39 Å². The molecule has 0 aliphatic heterocycles. The second kappa shape index (κ2) is 4.54. The molecule has 0 atom stereocenters. The van der Waals surface area contributed by atoms with Gasteiger partial charge in [0, 0.05) is 6.54 Å². The lowest BCUT2D eigenvalue weighted by Gasteiger charge is -1.96. The molecule has 11 heavy (non-hydrogen) atoms. The fourth-order valence-electron chi connectivity index (χ4n) is 0.667. The second-order valence-electron chi connectivity index (χ2n) is 1.95. The van der Waals surface area contributed by atoms with Crippen molar-refractivity contribution in [1.29, 1.82) is 0 Å². The van der Waals surface area contributed by atoms with Crippen LogP contribution in [0.2, 0.25) is 5.02 Å². The SMILES string of the molecule is Cl.NCc1ccc(Cl)c(F)c1. The number of hydrogen-bond acceptors (Lipinski definition) is 1. The highest BCUT2D eigenvalue weighted by atomic mass is 35.5. The number of benzene rings is 1. The maximum absolute atomic E-state index is 12.6. The van der Waals surface area contributed by atoms with E-state index < -0.39 is 5.82 Å². The lowest BCUT2D eigenvalue weighted by Crippen LogP contribution is -1.96. The molecule has 0 saturated heterocycles. The Hall–Kier alpha value is -0.310. The first-order chi connectivity index (χ1) is 4.74. The van der Waals surface area contributed by atoms with Crippen LogP contribution >= 0.6 is 24.0 Å². The van der Waals surface area contributed by atoms with Gasteiger partial charge in [-0.3, -0.25) is 0 Å². The van der Waals surface area contributed by atoms with Gasteiger partial charge in [0.1, 0.15) is 5.82 Å². The van der Waals surface area contributed by atoms with Crippen LogP contribution in [0.15, 0.2) is 18.2 Å². The Morgan fingerprint density at radius 3 is 2.55 bits per heavy atom. The minimum atomic E-state index is -0.412. The summed E-state index contributed by atoms with van der Waals surface area (Å²) in [5.74, 6) is -0.412. The molecule has 0 aliphatic carbocycles. The van der Waals surface area contributed by atoms with Crippen molar-refractivity contribution in [3.8, 4) is 0 Å². The summed E-state index contributed by atoms with van der Waals surface area (Å²) < 4.78 is 12.6. The standard InChI is InChI=1S/C7H7ClFN.ClH/c8-6-2-1-5(4-10)3-7(6)9;/h1-3H,4,10H2;1H. The zero-order valence-corrected chi connectivity index (χ0v) is 7.25. The summed E-state index contributed by atoms with van der Waals surface area (Å²) in [5.41, 5.74) is 6.01. The summed E-state index contributed by atoms with van der Waals surface area (Å²) in [7, 11) is 0. The van der Waals surface area contributed by atoms with E-state index in [4.69, 9.17) is 17.3 Å². The fraction of sp³-hybridized carbons (Fsp3) is 0.143. The minimum Gasteiger partial charge on any atom is -0.326 e. The van der Waals surface area contributed by atoms with E-state index in [2.05, 4.69) is 0 Å². The number of halogens is 3. The molecule has 2 N–H and O–H groups in total. The highest BCUT2D eigenvalue weighted by Gasteiger charge is 1.97. The molecule has 1 aromatic rings. The third kappa shape index (κ3) is 2.66. The summed E-state index contributed by atoms with van der Waals surface area (Å²) in [6.07, 6.45) is 0. The van der Waals surface area contributed by atoms with Crippen LogP contribution in [0.3, 0.4) is 0 Å². The van der Waals surface area contributed by atoms with Crippen molar-refractivity contribution in [3.05, 3.63) is 34.6 Å². The summed E-state index contributed by atoms with van der Waals surface area (Å²) in [5, 5.41) is 0.136. The lowest BCUT2D eigenvalue weighted by molar-refractivity contribution is 0.626. The molecule has 1 aromatic carbocycles. The van der Waals surface area contributed by atoms with Gasteiger partial charge in [-0.2, -0.15) is 0 Å². The Bertz CT molecular complexity index is 240. The molecule has 0 amide bonds. The van der Waals surface area contributed by atoms with Crippen molar-refractivity contribution in [1.82, 2.24) is 0 Å². The van der Waals surface area contributed by atoms with Gasteiger partial charge >= 0.3 is 0 Å². The van der Waals surface area contributed by atoms with Gasteiger partial charge in [-0.05, 0) is 17.7 Å². The van der Waals surface area contributed by atoms with E-state index in [-0.39, 0.29) is 17.4 Å². The predicted octanol–water partition coefficient (Wildman–Crippen LogP) is 2.36. The zero-order valence-electron chi connectivity index (χ0n) is 5.68. The summed E-state index contributed by atoms with van der Waals surface area (Å²) in [6.45, 7) is 0.341. The molecule has 1 nitrogen and oxygen atoms in total. The van der Waals surface area contributed by atoms with Crippen LogP contribution in [-0.4, -0.2) is 0 Å². The summed E-state index contributed by atoms with van der Waals surface area (Å²) >= 11 is 5.42. The van der Waals surface area contributed by atoms with Crippen molar-refractivity contribution in [2.24, 2.45) is 5.73 Å². The Morgan fingerprint density at radius 2 is 2.09 bits per heavy atom. The minimum absolute atomic E-state index is 0. The largest absolute Gasteiger partial charge is 0.326 e. The van der Waals surface area contributed by atoms with Gasteiger partial charge in [-0.15, -0.1) is 12.4 Å². The summed E-state index contributed by atoms with van der Waals surface area (Å²) in [6, 6.07) is 4.53. The van der Waals surface area contributed by atoms with Crippen LogP contribution in [0, 0.1) is 5.82 Å². The molecule has 0 fully saturated rings.